The van der Waals surface area contributed by atoms with E-state index in [2.05, 4.69) is 91.5 Å². The van der Waals surface area contributed by atoms with Gasteiger partial charge >= 0.3 is 0 Å². The van der Waals surface area contributed by atoms with Gasteiger partial charge in [0.25, 0.3) is 0 Å². The van der Waals surface area contributed by atoms with Gasteiger partial charge in [-0.3, -0.25) is 0 Å². The van der Waals surface area contributed by atoms with Gasteiger partial charge in [0, 0.05) is 9.58 Å². The summed E-state index contributed by atoms with van der Waals surface area (Å²) in [5.41, 5.74) is 3.56. The number of benzene rings is 3. The molecular formula is C27H26S. The van der Waals surface area contributed by atoms with Gasteiger partial charge in [-0.2, -0.15) is 0 Å². The van der Waals surface area contributed by atoms with Crippen LogP contribution in [0.25, 0.3) is 45.2 Å². The van der Waals surface area contributed by atoms with Crippen LogP contribution in [0.1, 0.15) is 42.3 Å². The Morgan fingerprint density at radius 2 is 1.50 bits per heavy atom. The highest BCUT2D eigenvalue weighted by atomic mass is 32.1. The molecule has 0 atom stereocenters. The predicted molar refractivity (Wildman–Crippen MR) is 131 cm³/mol. The van der Waals surface area contributed by atoms with Crippen LogP contribution in [0.15, 0.2) is 73.3 Å². The fourth-order valence-corrected chi connectivity index (χ4v) is 4.21. The number of rotatable bonds is 4. The van der Waals surface area contributed by atoms with Crippen molar-refractivity contribution in [2.24, 2.45) is 0 Å². The van der Waals surface area contributed by atoms with E-state index in [9.17, 15) is 0 Å². The summed E-state index contributed by atoms with van der Waals surface area (Å²) in [6, 6.07) is 21.8. The minimum atomic E-state index is 1.16. The molecule has 0 aliphatic rings. The summed E-state index contributed by atoms with van der Waals surface area (Å²) >= 11 is 1.84. The lowest BCUT2D eigenvalue weighted by molar-refractivity contribution is 1.50. The molecule has 0 radical (unpaired) electrons. The van der Waals surface area contributed by atoms with E-state index in [4.69, 9.17) is 0 Å². The Kier molecular flexibility index (Phi) is 6.62. The SMILES string of the molecule is C=Cc1ccc(/C=C/c2cc3cc4ccccc4cc3s2)cc1/C=C\C.CC. The Labute approximate surface area is 172 Å². The van der Waals surface area contributed by atoms with Crippen molar-refractivity contribution in [3.05, 3.63) is 94.9 Å². The number of hydrogen-bond acceptors (Lipinski definition) is 1. The Balaban J connectivity index is 0.00000109. The summed E-state index contributed by atoms with van der Waals surface area (Å²) in [4.78, 5) is 1.27. The molecule has 4 rings (SSSR count). The maximum atomic E-state index is 3.89. The molecule has 0 fully saturated rings. The van der Waals surface area contributed by atoms with Gasteiger partial charge in [-0.1, -0.05) is 81.1 Å². The molecule has 1 heterocycles. The van der Waals surface area contributed by atoms with Crippen LogP contribution in [0.5, 0.6) is 0 Å². The van der Waals surface area contributed by atoms with Crippen LogP contribution >= 0.6 is 11.3 Å². The molecule has 3 aromatic carbocycles. The van der Waals surface area contributed by atoms with E-state index in [0.717, 1.165) is 5.56 Å². The number of allylic oxidation sites excluding steroid dienone is 1. The minimum Gasteiger partial charge on any atom is -0.136 e. The van der Waals surface area contributed by atoms with Crippen molar-refractivity contribution >= 4 is 56.5 Å². The van der Waals surface area contributed by atoms with Gasteiger partial charge in [-0.05, 0) is 70.1 Å². The molecule has 0 amide bonds. The third-order valence-electron chi connectivity index (χ3n) is 4.52. The second kappa shape index (κ2) is 9.34. The second-order valence-electron chi connectivity index (χ2n) is 6.31. The molecule has 0 nitrogen and oxygen atoms in total. The quantitative estimate of drug-likeness (QED) is 0.330. The van der Waals surface area contributed by atoms with Crippen LogP contribution in [-0.2, 0) is 0 Å². The van der Waals surface area contributed by atoms with Gasteiger partial charge in [0.05, 0.1) is 0 Å². The normalized spacial score (nSPS) is 11.2. The molecule has 28 heavy (non-hydrogen) atoms. The predicted octanol–water partition coefficient (Wildman–Crippen LogP) is 8.93. The summed E-state index contributed by atoms with van der Waals surface area (Å²) in [7, 11) is 0. The van der Waals surface area contributed by atoms with Crippen LogP contribution < -0.4 is 0 Å². The van der Waals surface area contributed by atoms with Crippen molar-refractivity contribution in [2.75, 3.05) is 0 Å². The van der Waals surface area contributed by atoms with Crippen LogP contribution in [0.4, 0.5) is 0 Å². The lowest BCUT2D eigenvalue weighted by Crippen LogP contribution is -1.82. The molecule has 0 unspecified atom stereocenters. The Morgan fingerprint density at radius 1 is 0.750 bits per heavy atom. The first-order valence-corrected chi connectivity index (χ1v) is 10.6. The Morgan fingerprint density at radius 3 is 2.21 bits per heavy atom. The average Bonchev–Trinajstić information content (AvgIpc) is 3.14. The number of thiophene rings is 1. The zero-order valence-corrected chi connectivity index (χ0v) is 17.6. The smallest absolute Gasteiger partial charge is 0.0355 e. The lowest BCUT2D eigenvalue weighted by atomic mass is 10.0. The zero-order valence-electron chi connectivity index (χ0n) is 16.8. The first kappa shape index (κ1) is 19.9. The van der Waals surface area contributed by atoms with Crippen molar-refractivity contribution in [1.29, 1.82) is 0 Å². The van der Waals surface area contributed by atoms with Gasteiger partial charge < -0.3 is 0 Å². The monoisotopic (exact) mass is 382 g/mol. The van der Waals surface area contributed by atoms with E-state index in [0.29, 0.717) is 0 Å². The fourth-order valence-electron chi connectivity index (χ4n) is 3.22. The topological polar surface area (TPSA) is 0 Å². The molecule has 0 spiro atoms. The Hall–Kier alpha value is -2.90. The molecule has 0 N–H and O–H groups in total. The minimum absolute atomic E-state index is 1.16. The maximum Gasteiger partial charge on any atom is 0.0355 e. The van der Waals surface area contributed by atoms with E-state index in [1.54, 1.807) is 0 Å². The zero-order chi connectivity index (χ0) is 19.9. The highest BCUT2D eigenvalue weighted by Gasteiger charge is 2.02. The van der Waals surface area contributed by atoms with Gasteiger partial charge in [0.2, 0.25) is 0 Å². The molecule has 140 valence electrons. The van der Waals surface area contributed by atoms with E-state index in [1.807, 2.05) is 38.2 Å². The highest BCUT2D eigenvalue weighted by Crippen LogP contribution is 2.31. The molecule has 0 aliphatic heterocycles. The maximum absolute atomic E-state index is 3.89. The van der Waals surface area contributed by atoms with Gasteiger partial charge in [0.1, 0.15) is 0 Å². The molecule has 0 bridgehead atoms. The molecule has 1 heteroatoms. The summed E-state index contributed by atoms with van der Waals surface area (Å²) in [5, 5.41) is 3.91. The molecule has 0 saturated heterocycles. The van der Waals surface area contributed by atoms with Crippen molar-refractivity contribution in [2.45, 2.75) is 20.8 Å². The van der Waals surface area contributed by atoms with Crippen LogP contribution in [0, 0.1) is 0 Å². The van der Waals surface area contributed by atoms with Crippen LogP contribution in [0.3, 0.4) is 0 Å². The van der Waals surface area contributed by atoms with Gasteiger partial charge in [0.15, 0.2) is 0 Å². The van der Waals surface area contributed by atoms with Crippen LogP contribution in [0.2, 0.25) is 0 Å². The summed E-state index contributed by atoms with van der Waals surface area (Å²) in [6.07, 6.45) is 10.5. The standard InChI is InChI=1S/C25H20S.C2H6/c1-3-7-20-14-18(10-12-19(20)4-2)11-13-24-16-23-15-21-8-5-6-9-22(21)17-25(23)26-24;1-2/h3-17H,2H2,1H3;1-2H3/b7-3-,13-11+;. The number of fused-ring (bicyclic) bond motifs is 2. The highest BCUT2D eigenvalue weighted by molar-refractivity contribution is 7.20. The summed E-state index contributed by atoms with van der Waals surface area (Å²) in [6.45, 7) is 9.93. The fraction of sp³-hybridized carbons (Fsp3) is 0.111. The summed E-state index contributed by atoms with van der Waals surface area (Å²) in [5.74, 6) is 0. The third-order valence-corrected chi connectivity index (χ3v) is 5.58. The van der Waals surface area contributed by atoms with Crippen molar-refractivity contribution in [1.82, 2.24) is 0 Å². The van der Waals surface area contributed by atoms with E-state index in [-0.39, 0.29) is 0 Å². The third kappa shape index (κ3) is 4.32. The summed E-state index contributed by atoms with van der Waals surface area (Å²) < 4.78 is 1.33. The Bertz CT molecular complexity index is 1100. The largest absolute Gasteiger partial charge is 0.136 e. The van der Waals surface area contributed by atoms with Crippen molar-refractivity contribution < 1.29 is 0 Å². The first-order valence-electron chi connectivity index (χ1n) is 9.76. The van der Waals surface area contributed by atoms with Gasteiger partial charge in [-0.15, -0.1) is 11.3 Å². The van der Waals surface area contributed by atoms with E-state index < -0.39 is 0 Å². The molecule has 0 aliphatic carbocycles. The lowest BCUT2D eigenvalue weighted by Gasteiger charge is -2.02. The van der Waals surface area contributed by atoms with E-state index >= 15 is 0 Å². The van der Waals surface area contributed by atoms with Crippen molar-refractivity contribution in [3.8, 4) is 0 Å². The number of hydrogen-bond donors (Lipinski definition) is 0. The average molecular weight is 383 g/mol. The first-order chi connectivity index (χ1) is 13.8. The van der Waals surface area contributed by atoms with Crippen molar-refractivity contribution in [3.63, 3.8) is 0 Å². The van der Waals surface area contributed by atoms with Crippen LogP contribution in [-0.4, -0.2) is 0 Å². The second-order valence-corrected chi connectivity index (χ2v) is 7.43. The molecule has 1 aromatic heterocycles. The van der Waals surface area contributed by atoms with Gasteiger partial charge in [-0.25, -0.2) is 0 Å². The molecule has 4 aromatic rings. The molecule has 0 saturated carbocycles. The van der Waals surface area contributed by atoms with E-state index in [1.165, 1.54) is 36.9 Å². The molecular weight excluding hydrogens is 356 g/mol.